The van der Waals surface area contributed by atoms with Gasteiger partial charge in [0.05, 0.1) is 12.6 Å². The summed E-state index contributed by atoms with van der Waals surface area (Å²) in [4.78, 5) is 5.10. The zero-order valence-corrected chi connectivity index (χ0v) is 11.9. The van der Waals surface area contributed by atoms with Crippen LogP contribution in [0.5, 0.6) is 5.75 Å². The summed E-state index contributed by atoms with van der Waals surface area (Å²) in [7, 11) is 0. The number of hydrogen-bond acceptors (Lipinski definition) is 4. The van der Waals surface area contributed by atoms with Gasteiger partial charge >= 0.3 is 0 Å². The molecule has 4 nitrogen and oxygen atoms in total. The monoisotopic (exact) mass is 273 g/mol. The molecule has 2 atom stereocenters. The maximum Gasteiger partial charge on any atom is 0.127 e. The quantitative estimate of drug-likeness (QED) is 0.873. The Morgan fingerprint density at radius 3 is 2.80 bits per heavy atom. The molecule has 4 aliphatic rings. The molecule has 0 amide bonds. The summed E-state index contributed by atoms with van der Waals surface area (Å²) in [5.74, 6) is 1.07. The Morgan fingerprint density at radius 1 is 1.20 bits per heavy atom. The van der Waals surface area contributed by atoms with Crippen molar-refractivity contribution < 1.29 is 4.74 Å². The highest BCUT2D eigenvalue weighted by molar-refractivity contribution is 5.45. The molecule has 3 fully saturated rings. The Hall–Kier alpha value is -1.10. The molecule has 5 rings (SSSR count). The first-order valence-electron chi connectivity index (χ1n) is 7.79. The SMILES string of the molecule is NC(c1cccc2c1OCCC2)C1CN2CCN1CC2. The number of nitrogens with two attached hydrogens (primary N) is 1. The lowest BCUT2D eigenvalue weighted by molar-refractivity contribution is 0.00174. The Bertz CT molecular complexity index is 496. The standard InChI is InChI=1S/C16H23N3O/c17-15(14-11-18-6-8-19(14)9-7-18)13-5-1-3-12-4-2-10-20-16(12)13/h1,3,5,14-15H,2,4,6-11,17H2. The van der Waals surface area contributed by atoms with Crippen molar-refractivity contribution in [1.82, 2.24) is 9.80 Å². The largest absolute Gasteiger partial charge is 0.493 e. The van der Waals surface area contributed by atoms with Crippen LogP contribution in [0.2, 0.25) is 0 Å². The van der Waals surface area contributed by atoms with Crippen LogP contribution in [-0.4, -0.2) is 55.2 Å². The van der Waals surface area contributed by atoms with Crippen LogP contribution in [-0.2, 0) is 6.42 Å². The summed E-state index contributed by atoms with van der Waals surface area (Å²) < 4.78 is 5.93. The molecule has 1 aromatic carbocycles. The van der Waals surface area contributed by atoms with Crippen LogP contribution >= 0.6 is 0 Å². The number of benzene rings is 1. The smallest absolute Gasteiger partial charge is 0.127 e. The van der Waals surface area contributed by atoms with Gasteiger partial charge in [-0.25, -0.2) is 0 Å². The number of ether oxygens (including phenoxy) is 1. The average molecular weight is 273 g/mol. The third-order valence-corrected chi connectivity index (χ3v) is 5.06. The molecule has 1 aromatic rings. The number of nitrogens with zero attached hydrogens (tertiary/aromatic N) is 2. The van der Waals surface area contributed by atoms with Crippen molar-refractivity contribution in [3.05, 3.63) is 29.3 Å². The van der Waals surface area contributed by atoms with Crippen LogP contribution in [0.4, 0.5) is 0 Å². The van der Waals surface area contributed by atoms with Gasteiger partial charge in [0.25, 0.3) is 0 Å². The third kappa shape index (κ3) is 2.03. The van der Waals surface area contributed by atoms with E-state index in [1.165, 1.54) is 24.2 Å². The lowest BCUT2D eigenvalue weighted by Crippen LogP contribution is -2.63. The first-order chi connectivity index (χ1) is 9.83. The summed E-state index contributed by atoms with van der Waals surface area (Å²) in [6.07, 6.45) is 2.24. The highest BCUT2D eigenvalue weighted by Gasteiger charge is 2.37. The Morgan fingerprint density at radius 2 is 2.05 bits per heavy atom. The summed E-state index contributed by atoms with van der Waals surface area (Å²) >= 11 is 0. The predicted octanol–water partition coefficient (Wildman–Crippen LogP) is 1.01. The molecule has 0 saturated carbocycles. The van der Waals surface area contributed by atoms with E-state index in [1.54, 1.807) is 0 Å². The van der Waals surface area contributed by atoms with Crippen molar-refractivity contribution in [1.29, 1.82) is 0 Å². The molecule has 2 bridgehead atoms. The van der Waals surface area contributed by atoms with Gasteiger partial charge in [-0.2, -0.15) is 0 Å². The van der Waals surface area contributed by atoms with Crippen molar-refractivity contribution >= 4 is 0 Å². The van der Waals surface area contributed by atoms with Gasteiger partial charge in [0.1, 0.15) is 5.75 Å². The van der Waals surface area contributed by atoms with E-state index in [9.17, 15) is 0 Å². The van der Waals surface area contributed by atoms with Gasteiger partial charge < -0.3 is 10.5 Å². The van der Waals surface area contributed by atoms with Crippen molar-refractivity contribution in [2.45, 2.75) is 24.9 Å². The van der Waals surface area contributed by atoms with E-state index in [-0.39, 0.29) is 6.04 Å². The normalized spacial score (nSPS) is 33.4. The predicted molar refractivity (Wildman–Crippen MR) is 79.0 cm³/mol. The fraction of sp³-hybridized carbons (Fsp3) is 0.625. The van der Waals surface area contributed by atoms with Gasteiger partial charge in [0, 0.05) is 44.3 Å². The molecule has 2 unspecified atom stereocenters. The number of fused-ring (bicyclic) bond motifs is 4. The van der Waals surface area contributed by atoms with Gasteiger partial charge in [0.2, 0.25) is 0 Å². The van der Waals surface area contributed by atoms with Crippen molar-refractivity contribution in [2.75, 3.05) is 39.3 Å². The fourth-order valence-electron chi connectivity index (χ4n) is 3.88. The molecule has 0 spiro atoms. The van der Waals surface area contributed by atoms with Crippen LogP contribution < -0.4 is 10.5 Å². The maximum absolute atomic E-state index is 6.63. The molecule has 20 heavy (non-hydrogen) atoms. The summed E-state index contributed by atoms with van der Waals surface area (Å²) in [5.41, 5.74) is 9.17. The maximum atomic E-state index is 6.63. The van der Waals surface area contributed by atoms with Gasteiger partial charge in [-0.15, -0.1) is 0 Å². The molecule has 0 aliphatic carbocycles. The van der Waals surface area contributed by atoms with Crippen LogP contribution in [0.3, 0.4) is 0 Å². The van der Waals surface area contributed by atoms with Crippen LogP contribution in [0.15, 0.2) is 18.2 Å². The minimum atomic E-state index is 0.0612. The first-order valence-corrected chi connectivity index (χ1v) is 7.79. The highest BCUT2D eigenvalue weighted by atomic mass is 16.5. The van der Waals surface area contributed by atoms with Crippen molar-refractivity contribution in [3.63, 3.8) is 0 Å². The minimum Gasteiger partial charge on any atom is -0.493 e. The molecule has 4 aliphatic heterocycles. The second-order valence-electron chi connectivity index (χ2n) is 6.22. The fourth-order valence-corrected chi connectivity index (χ4v) is 3.88. The van der Waals surface area contributed by atoms with Crippen molar-refractivity contribution in [2.24, 2.45) is 5.73 Å². The zero-order chi connectivity index (χ0) is 13.5. The summed E-state index contributed by atoms with van der Waals surface area (Å²) in [6, 6.07) is 6.98. The molecule has 2 N–H and O–H groups in total. The van der Waals surface area contributed by atoms with Gasteiger partial charge in [-0.3, -0.25) is 9.80 Å². The molecular weight excluding hydrogens is 250 g/mol. The van der Waals surface area contributed by atoms with Crippen molar-refractivity contribution in [3.8, 4) is 5.75 Å². The van der Waals surface area contributed by atoms with Crippen LogP contribution in [0.25, 0.3) is 0 Å². The van der Waals surface area contributed by atoms with Crippen LogP contribution in [0.1, 0.15) is 23.6 Å². The highest BCUT2D eigenvalue weighted by Crippen LogP contribution is 2.35. The van der Waals surface area contributed by atoms with E-state index in [2.05, 4.69) is 28.0 Å². The third-order valence-electron chi connectivity index (χ3n) is 5.06. The van der Waals surface area contributed by atoms with E-state index in [4.69, 9.17) is 10.5 Å². The average Bonchev–Trinajstić information content (AvgIpc) is 2.54. The molecule has 108 valence electrons. The Labute approximate surface area is 120 Å². The Balaban J connectivity index is 1.64. The number of rotatable bonds is 2. The van der Waals surface area contributed by atoms with E-state index < -0.39 is 0 Å². The first kappa shape index (κ1) is 12.6. The molecule has 0 aromatic heterocycles. The van der Waals surface area contributed by atoms with Gasteiger partial charge in [0.15, 0.2) is 0 Å². The number of hydrogen-bond donors (Lipinski definition) is 1. The summed E-state index contributed by atoms with van der Waals surface area (Å²) in [6.45, 7) is 6.66. The van der Waals surface area contributed by atoms with E-state index >= 15 is 0 Å². The second-order valence-corrected chi connectivity index (χ2v) is 6.22. The number of piperazine rings is 3. The lowest BCUT2D eigenvalue weighted by Gasteiger charge is -2.49. The number of aryl methyl sites for hydroxylation is 1. The molecular formula is C16H23N3O. The molecule has 4 heterocycles. The minimum absolute atomic E-state index is 0.0612. The van der Waals surface area contributed by atoms with Gasteiger partial charge in [-0.05, 0) is 18.4 Å². The lowest BCUT2D eigenvalue weighted by atomic mass is 9.91. The van der Waals surface area contributed by atoms with E-state index in [0.717, 1.165) is 44.8 Å². The molecule has 0 radical (unpaired) electrons. The zero-order valence-electron chi connectivity index (χ0n) is 11.9. The molecule has 4 heteroatoms. The topological polar surface area (TPSA) is 41.7 Å². The summed E-state index contributed by atoms with van der Waals surface area (Å²) in [5, 5.41) is 0. The van der Waals surface area contributed by atoms with Crippen LogP contribution in [0, 0.1) is 0 Å². The Kier molecular flexibility index (Phi) is 3.17. The van der Waals surface area contributed by atoms with Gasteiger partial charge in [-0.1, -0.05) is 18.2 Å². The number of para-hydroxylation sites is 1. The van der Waals surface area contributed by atoms with E-state index in [1.807, 2.05) is 0 Å². The van der Waals surface area contributed by atoms with E-state index in [0.29, 0.717) is 6.04 Å². The molecule has 3 saturated heterocycles. The second kappa shape index (κ2) is 5.02.